The van der Waals surface area contributed by atoms with Gasteiger partial charge in [0.05, 0.1) is 17.9 Å². The van der Waals surface area contributed by atoms with E-state index in [1.54, 1.807) is 48.5 Å². The van der Waals surface area contributed by atoms with Gasteiger partial charge in [0.1, 0.15) is 11.5 Å². The molecule has 2 aromatic carbocycles. The van der Waals surface area contributed by atoms with E-state index >= 15 is 0 Å². The molecule has 2 aromatic rings. The van der Waals surface area contributed by atoms with Crippen molar-refractivity contribution in [1.29, 1.82) is 0 Å². The van der Waals surface area contributed by atoms with E-state index in [9.17, 15) is 14.5 Å². The molecule has 1 aliphatic heterocycles. The van der Waals surface area contributed by atoms with Crippen molar-refractivity contribution in [2.24, 2.45) is 5.92 Å². The van der Waals surface area contributed by atoms with E-state index in [0.29, 0.717) is 34.4 Å². The Balaban J connectivity index is 1.88. The summed E-state index contributed by atoms with van der Waals surface area (Å²) in [7, 11) is -3.55. The molecule has 8 heteroatoms. The van der Waals surface area contributed by atoms with Crippen LogP contribution in [0.4, 0.5) is 0 Å². The number of benzene rings is 2. The van der Waals surface area contributed by atoms with Gasteiger partial charge in [-0.05, 0) is 73.7 Å². The number of hydrogen-bond acceptors (Lipinski definition) is 5. The third-order valence-corrected chi connectivity index (χ3v) is 7.83. The minimum atomic E-state index is -3.55. The van der Waals surface area contributed by atoms with Gasteiger partial charge >= 0.3 is 7.52 Å². The van der Waals surface area contributed by atoms with Gasteiger partial charge in [0.15, 0.2) is 0 Å². The summed E-state index contributed by atoms with van der Waals surface area (Å²) in [6.07, 6.45) is 2.19. The predicted molar refractivity (Wildman–Crippen MR) is 115 cm³/mol. The fraction of sp³-hybridized carbons (Fsp3) is 0.409. The van der Waals surface area contributed by atoms with Crippen LogP contribution >= 0.6 is 19.1 Å². The fourth-order valence-corrected chi connectivity index (χ4v) is 6.21. The minimum Gasteiger partial charge on any atom is -0.549 e. The summed E-state index contributed by atoms with van der Waals surface area (Å²) in [5.74, 6) is 0.255. The second kappa shape index (κ2) is 9.97. The second-order valence-electron chi connectivity index (χ2n) is 7.80. The van der Waals surface area contributed by atoms with Crippen LogP contribution in [0, 0.1) is 5.92 Å². The first kappa shape index (κ1) is 22.8. The molecule has 0 spiro atoms. The van der Waals surface area contributed by atoms with Crippen molar-refractivity contribution in [3.8, 4) is 11.5 Å². The van der Waals surface area contributed by atoms with Crippen molar-refractivity contribution in [2.45, 2.75) is 39.2 Å². The lowest BCUT2D eigenvalue weighted by Gasteiger charge is -2.36. The number of carbonyl (C=O) groups is 1. The molecule has 3 rings (SSSR count). The van der Waals surface area contributed by atoms with Crippen LogP contribution in [0.5, 0.6) is 11.5 Å². The Bertz CT molecular complexity index is 901. The molecule has 0 aromatic heterocycles. The first-order valence-corrected chi connectivity index (χ1v) is 12.0. The van der Waals surface area contributed by atoms with Crippen molar-refractivity contribution in [2.75, 3.05) is 13.2 Å². The SMILES string of the molecule is CC(C)CC1CCCOP(=O)(c2ccc(Oc3ccc(Cl)cc3)cc2)N1CC(=O)[O-]. The summed E-state index contributed by atoms with van der Waals surface area (Å²) < 4.78 is 27.1. The lowest BCUT2D eigenvalue weighted by Crippen LogP contribution is -2.43. The number of carboxylic acids is 1. The fourth-order valence-electron chi connectivity index (χ4n) is 3.65. The molecule has 1 heterocycles. The Morgan fingerprint density at radius 3 is 2.37 bits per heavy atom. The molecule has 0 amide bonds. The molecule has 1 fully saturated rings. The molecule has 2 unspecified atom stereocenters. The van der Waals surface area contributed by atoms with Crippen molar-refractivity contribution in [3.05, 3.63) is 53.6 Å². The van der Waals surface area contributed by atoms with E-state index in [0.717, 1.165) is 19.3 Å². The van der Waals surface area contributed by atoms with Crippen LogP contribution in [0.15, 0.2) is 48.5 Å². The van der Waals surface area contributed by atoms with Crippen molar-refractivity contribution in [1.82, 2.24) is 4.67 Å². The number of ether oxygens (including phenoxy) is 1. The van der Waals surface area contributed by atoms with Crippen molar-refractivity contribution >= 4 is 30.4 Å². The molecule has 0 N–H and O–H groups in total. The highest BCUT2D eigenvalue weighted by Crippen LogP contribution is 2.54. The smallest absolute Gasteiger partial charge is 0.302 e. The molecule has 0 aliphatic carbocycles. The third-order valence-electron chi connectivity index (χ3n) is 4.95. The Hall–Kier alpha value is -1.85. The Kier molecular flexibility index (Phi) is 7.59. The highest BCUT2D eigenvalue weighted by molar-refractivity contribution is 7.64. The summed E-state index contributed by atoms with van der Waals surface area (Å²) in [5.41, 5.74) is 0. The van der Waals surface area contributed by atoms with Gasteiger partial charge in [0.25, 0.3) is 0 Å². The predicted octanol–water partition coefficient (Wildman–Crippen LogP) is 4.23. The topological polar surface area (TPSA) is 78.9 Å². The molecule has 6 nitrogen and oxygen atoms in total. The zero-order valence-corrected chi connectivity index (χ0v) is 18.8. The van der Waals surface area contributed by atoms with Crippen LogP contribution in [0.2, 0.25) is 5.02 Å². The lowest BCUT2D eigenvalue weighted by molar-refractivity contribution is -0.305. The number of carboxylic acid groups (broad SMARTS) is 1. The first-order chi connectivity index (χ1) is 14.3. The highest BCUT2D eigenvalue weighted by atomic mass is 35.5. The van der Waals surface area contributed by atoms with Gasteiger partial charge in [-0.3, -0.25) is 4.57 Å². The maximum absolute atomic E-state index is 14.0. The van der Waals surface area contributed by atoms with Gasteiger partial charge in [-0.1, -0.05) is 25.4 Å². The van der Waals surface area contributed by atoms with Crippen LogP contribution in [-0.4, -0.2) is 29.8 Å². The quantitative estimate of drug-likeness (QED) is 0.587. The number of halogens is 1. The Labute approximate surface area is 182 Å². The molecule has 2 atom stereocenters. The van der Waals surface area contributed by atoms with E-state index in [-0.39, 0.29) is 6.04 Å². The first-order valence-electron chi connectivity index (χ1n) is 10.0. The van der Waals surface area contributed by atoms with Crippen molar-refractivity contribution in [3.63, 3.8) is 0 Å². The largest absolute Gasteiger partial charge is 0.549 e. The average Bonchev–Trinajstić information content (AvgIpc) is 2.84. The maximum atomic E-state index is 14.0. The number of aliphatic carboxylic acids is 1. The van der Waals surface area contributed by atoms with Crippen LogP contribution in [0.25, 0.3) is 0 Å². The van der Waals surface area contributed by atoms with Gasteiger partial charge in [-0.2, -0.15) is 0 Å². The average molecular weight is 451 g/mol. The van der Waals surface area contributed by atoms with Gasteiger partial charge < -0.3 is 19.2 Å². The number of rotatable bonds is 7. The van der Waals surface area contributed by atoms with E-state index in [2.05, 4.69) is 13.8 Å². The molecule has 1 saturated heterocycles. The molecule has 30 heavy (non-hydrogen) atoms. The monoisotopic (exact) mass is 450 g/mol. The van der Waals surface area contributed by atoms with Gasteiger partial charge in [-0.25, -0.2) is 4.67 Å². The standard InChI is InChI=1S/C22H27ClNO5P/c1-16(2)14-18-4-3-13-28-30(27,24(18)15-22(25)26)21-11-9-20(10-12-21)29-19-7-5-17(23)6-8-19/h5-12,16,18H,3-4,13-15H2,1-2H3,(H,25,26)/p-1. The highest BCUT2D eigenvalue weighted by Gasteiger charge is 2.40. The van der Waals surface area contributed by atoms with Gasteiger partial charge in [-0.15, -0.1) is 0 Å². The summed E-state index contributed by atoms with van der Waals surface area (Å²) >= 11 is 5.89. The second-order valence-corrected chi connectivity index (χ2v) is 10.6. The molecular formula is C22H26ClNO5P-. The molecular weight excluding hydrogens is 425 g/mol. The third kappa shape index (κ3) is 5.64. The van der Waals surface area contributed by atoms with Crippen LogP contribution in [0.1, 0.15) is 33.1 Å². The van der Waals surface area contributed by atoms with Crippen LogP contribution in [0.3, 0.4) is 0 Å². The Morgan fingerprint density at radius 2 is 1.80 bits per heavy atom. The summed E-state index contributed by atoms with van der Waals surface area (Å²) in [6.45, 7) is 4.02. The van der Waals surface area contributed by atoms with E-state index in [1.807, 2.05) is 0 Å². The number of hydrogen-bond donors (Lipinski definition) is 0. The van der Waals surface area contributed by atoms with Crippen LogP contribution in [-0.2, 0) is 13.9 Å². The van der Waals surface area contributed by atoms with E-state index in [4.69, 9.17) is 20.9 Å². The van der Waals surface area contributed by atoms with E-state index in [1.165, 1.54) is 4.67 Å². The molecule has 0 bridgehead atoms. The zero-order valence-electron chi connectivity index (χ0n) is 17.1. The molecule has 162 valence electrons. The molecule has 0 saturated carbocycles. The number of nitrogens with zero attached hydrogens (tertiary/aromatic N) is 1. The Morgan fingerprint density at radius 1 is 1.20 bits per heavy atom. The lowest BCUT2D eigenvalue weighted by atomic mass is 10.00. The summed E-state index contributed by atoms with van der Waals surface area (Å²) in [4.78, 5) is 11.5. The van der Waals surface area contributed by atoms with Gasteiger partial charge in [0.2, 0.25) is 0 Å². The van der Waals surface area contributed by atoms with Gasteiger partial charge in [0, 0.05) is 17.6 Å². The maximum Gasteiger partial charge on any atom is 0.302 e. The van der Waals surface area contributed by atoms with Crippen LogP contribution < -0.4 is 15.1 Å². The zero-order chi connectivity index (χ0) is 21.7. The van der Waals surface area contributed by atoms with E-state index < -0.39 is 20.0 Å². The summed E-state index contributed by atoms with van der Waals surface area (Å²) in [5, 5.41) is 12.5. The molecule has 1 aliphatic rings. The van der Waals surface area contributed by atoms with Crippen molar-refractivity contribution < 1.29 is 23.7 Å². The normalized spacial score (nSPS) is 22.6. The number of carbonyl (C=O) groups excluding carboxylic acids is 1. The molecule has 0 radical (unpaired) electrons. The summed E-state index contributed by atoms with van der Waals surface area (Å²) in [6, 6.07) is 13.6. The minimum absolute atomic E-state index is 0.152.